The second-order valence-electron chi connectivity index (χ2n) is 12.2. The van der Waals surface area contributed by atoms with Crippen LogP contribution in [0, 0.1) is 11.7 Å². The van der Waals surface area contributed by atoms with Gasteiger partial charge in [-0.05, 0) is 81.2 Å². The number of hydrogen-bond acceptors (Lipinski definition) is 8. The van der Waals surface area contributed by atoms with E-state index >= 15 is 0 Å². The van der Waals surface area contributed by atoms with Crippen LogP contribution in [0.15, 0.2) is 42.5 Å². The zero-order valence-electron chi connectivity index (χ0n) is 25.5. The second kappa shape index (κ2) is 13.1. The van der Waals surface area contributed by atoms with Crippen molar-refractivity contribution in [3.05, 3.63) is 65.1 Å². The molecule has 3 atom stereocenters. The van der Waals surface area contributed by atoms with E-state index in [9.17, 15) is 23.9 Å². The lowest BCUT2D eigenvalue weighted by Gasteiger charge is -2.51. The molecule has 1 aliphatic carbocycles. The van der Waals surface area contributed by atoms with Gasteiger partial charge in [-0.2, -0.15) is 0 Å². The third-order valence-electron chi connectivity index (χ3n) is 8.83. The molecule has 2 aliphatic rings. The molecule has 1 spiro atoms. The molecule has 0 radical (unpaired) electrons. The van der Waals surface area contributed by atoms with Crippen molar-refractivity contribution in [3.63, 3.8) is 0 Å². The Balaban J connectivity index is 0.000000302. The van der Waals surface area contributed by atoms with Gasteiger partial charge in [0.25, 0.3) is 0 Å². The van der Waals surface area contributed by atoms with E-state index in [1.807, 2.05) is 26.2 Å². The fourth-order valence-electron chi connectivity index (χ4n) is 6.73. The Morgan fingerprint density at radius 3 is 2.33 bits per heavy atom. The van der Waals surface area contributed by atoms with Crippen molar-refractivity contribution in [1.82, 2.24) is 15.2 Å². The molecule has 1 aromatic heterocycles. The molecule has 12 nitrogen and oxygen atoms in total. The summed E-state index contributed by atoms with van der Waals surface area (Å²) in [5, 5.41) is 50.7. The van der Waals surface area contributed by atoms with Gasteiger partial charge in [-0.1, -0.05) is 12.1 Å². The lowest BCUT2D eigenvalue weighted by Crippen LogP contribution is -2.57. The van der Waals surface area contributed by atoms with Crippen LogP contribution >= 0.6 is 0 Å². The van der Waals surface area contributed by atoms with Gasteiger partial charge in [0.15, 0.2) is 5.60 Å². The molecule has 244 valence electrons. The molecule has 0 amide bonds. The molecule has 45 heavy (non-hydrogen) atoms. The van der Waals surface area contributed by atoms with Crippen LogP contribution in [0.1, 0.15) is 48.9 Å². The number of aromatic nitrogens is 1. The highest BCUT2D eigenvalue weighted by Gasteiger charge is 2.52. The van der Waals surface area contributed by atoms with Gasteiger partial charge >= 0.3 is 17.9 Å². The number of aliphatic hydroxyl groups is 2. The first kappa shape index (κ1) is 33.8. The normalized spacial score (nSPS) is 22.9. The minimum Gasteiger partial charge on any atom is -0.497 e. The van der Waals surface area contributed by atoms with E-state index in [0.29, 0.717) is 12.0 Å². The van der Waals surface area contributed by atoms with Gasteiger partial charge in [0.1, 0.15) is 11.6 Å². The largest absolute Gasteiger partial charge is 0.497 e. The van der Waals surface area contributed by atoms with Gasteiger partial charge in [0.2, 0.25) is 0 Å². The summed E-state index contributed by atoms with van der Waals surface area (Å²) in [6.07, 6.45) is 0.788. The molecule has 13 heteroatoms. The van der Waals surface area contributed by atoms with Crippen molar-refractivity contribution in [2.45, 2.75) is 55.3 Å². The monoisotopic (exact) mass is 629 g/mol. The summed E-state index contributed by atoms with van der Waals surface area (Å²) in [6, 6.07) is 12.7. The average molecular weight is 630 g/mol. The summed E-state index contributed by atoms with van der Waals surface area (Å²) in [6.45, 7) is 1.62. The Kier molecular flexibility index (Phi) is 9.88. The maximum Gasteiger partial charge on any atom is 0.336 e. The van der Waals surface area contributed by atoms with Crippen LogP contribution in [-0.4, -0.2) is 93.2 Å². The fraction of sp³-hybridized carbons (Fsp3) is 0.469. The first-order valence-corrected chi connectivity index (χ1v) is 14.6. The van der Waals surface area contributed by atoms with Crippen LogP contribution in [0.4, 0.5) is 4.39 Å². The molecule has 1 fully saturated rings. The van der Waals surface area contributed by atoms with Crippen LogP contribution in [0.25, 0.3) is 10.9 Å². The third-order valence-corrected chi connectivity index (χ3v) is 8.83. The average Bonchev–Trinajstić information content (AvgIpc) is 3.34. The standard InChI is InChI=1S/C26H32FN3O2.C6H8O7/c1-30(2)16-18-15-25(10-11-26(18,31)17-5-4-6-19(27)13-17)24-21(9-12-28-25)22-14-20(32-3)7-8-23(22)29-24;7-3(8)1-6(13,5(11)12)2-4(9)10/h4-8,13-14,18,28-29,31H,9-12,15-16H2,1-3H3;13H,1-2H2,(H,7,8)(H,9,10)(H,11,12). The van der Waals surface area contributed by atoms with Crippen molar-refractivity contribution in [2.24, 2.45) is 5.92 Å². The van der Waals surface area contributed by atoms with Gasteiger partial charge in [-0.3, -0.25) is 9.59 Å². The fourth-order valence-corrected chi connectivity index (χ4v) is 6.73. The first-order chi connectivity index (χ1) is 21.1. The number of hydrogen-bond donors (Lipinski definition) is 7. The van der Waals surface area contributed by atoms with Gasteiger partial charge in [0, 0.05) is 35.6 Å². The highest BCUT2D eigenvalue weighted by atomic mass is 19.1. The number of fused-ring (bicyclic) bond motifs is 4. The van der Waals surface area contributed by atoms with Gasteiger partial charge in [0.05, 0.1) is 31.1 Å². The van der Waals surface area contributed by atoms with Crippen molar-refractivity contribution < 1.29 is 49.0 Å². The van der Waals surface area contributed by atoms with E-state index in [1.54, 1.807) is 13.2 Å². The van der Waals surface area contributed by atoms with Gasteiger partial charge in [-0.15, -0.1) is 0 Å². The molecule has 7 N–H and O–H groups in total. The number of methoxy groups -OCH3 is 1. The van der Waals surface area contributed by atoms with E-state index < -0.39 is 42.0 Å². The van der Waals surface area contributed by atoms with E-state index in [0.717, 1.165) is 43.6 Å². The number of H-pyrrole nitrogens is 1. The van der Waals surface area contributed by atoms with Crippen LogP contribution in [0.2, 0.25) is 0 Å². The van der Waals surface area contributed by atoms with Crippen molar-refractivity contribution in [1.29, 1.82) is 0 Å². The first-order valence-electron chi connectivity index (χ1n) is 14.6. The lowest BCUT2D eigenvalue weighted by atomic mass is 9.62. The quantitative estimate of drug-likeness (QED) is 0.184. The summed E-state index contributed by atoms with van der Waals surface area (Å²) in [4.78, 5) is 36.3. The summed E-state index contributed by atoms with van der Waals surface area (Å²) in [5.41, 5.74) is 0.337. The van der Waals surface area contributed by atoms with E-state index in [-0.39, 0.29) is 17.3 Å². The smallest absolute Gasteiger partial charge is 0.336 e. The van der Waals surface area contributed by atoms with E-state index in [4.69, 9.17) is 25.2 Å². The highest BCUT2D eigenvalue weighted by Crippen LogP contribution is 2.51. The number of ether oxygens (including phenoxy) is 1. The Hall–Kier alpha value is -4.04. The molecular weight excluding hydrogens is 589 g/mol. The highest BCUT2D eigenvalue weighted by molar-refractivity contribution is 5.88. The summed E-state index contributed by atoms with van der Waals surface area (Å²) < 4.78 is 19.5. The molecule has 0 saturated heterocycles. The zero-order valence-corrected chi connectivity index (χ0v) is 25.5. The maximum absolute atomic E-state index is 14.1. The number of carboxylic acid groups (broad SMARTS) is 3. The number of aliphatic carboxylic acids is 3. The van der Waals surface area contributed by atoms with Gasteiger partial charge in [-0.25, -0.2) is 9.18 Å². The molecule has 0 bridgehead atoms. The summed E-state index contributed by atoms with van der Waals surface area (Å²) in [5.74, 6) is -4.51. The maximum atomic E-state index is 14.1. The Bertz CT molecular complexity index is 1560. The van der Waals surface area contributed by atoms with Gasteiger partial charge < -0.3 is 45.5 Å². The Morgan fingerprint density at radius 1 is 1.07 bits per heavy atom. The summed E-state index contributed by atoms with van der Waals surface area (Å²) >= 11 is 0. The van der Waals surface area contributed by atoms with Crippen molar-refractivity contribution >= 4 is 28.8 Å². The third kappa shape index (κ3) is 7.12. The molecule has 3 unspecified atom stereocenters. The lowest BCUT2D eigenvalue weighted by molar-refractivity contribution is -0.170. The zero-order chi connectivity index (χ0) is 33.2. The number of nitrogens with zero attached hydrogens (tertiary/aromatic N) is 1. The molecule has 2 heterocycles. The Labute approximate surface area is 259 Å². The van der Waals surface area contributed by atoms with Crippen LogP contribution in [0.3, 0.4) is 0 Å². The summed E-state index contributed by atoms with van der Waals surface area (Å²) in [7, 11) is 5.76. The van der Waals surface area contributed by atoms with E-state index in [1.165, 1.54) is 28.8 Å². The van der Waals surface area contributed by atoms with E-state index in [2.05, 4.69) is 27.3 Å². The predicted molar refractivity (Wildman–Crippen MR) is 162 cm³/mol. The number of halogens is 1. The number of carbonyl (C=O) groups is 3. The van der Waals surface area contributed by atoms with Crippen LogP contribution < -0.4 is 10.1 Å². The number of aromatic amines is 1. The van der Waals surface area contributed by atoms with Crippen molar-refractivity contribution in [3.8, 4) is 5.75 Å². The molecule has 1 aliphatic heterocycles. The second-order valence-corrected chi connectivity index (χ2v) is 12.2. The molecule has 5 rings (SSSR count). The minimum atomic E-state index is -2.74. The molecule has 2 aromatic carbocycles. The Morgan fingerprint density at radius 2 is 1.76 bits per heavy atom. The van der Waals surface area contributed by atoms with Crippen molar-refractivity contribution in [2.75, 3.05) is 34.3 Å². The SMILES string of the molecule is COc1ccc2[nH]c3c(c2c1)CCNC31CCC(O)(c2cccc(F)c2)C(CN(C)C)C1.O=C(O)CC(O)(CC(=O)O)C(=O)O. The number of nitrogens with one attached hydrogen (secondary N) is 2. The number of carboxylic acids is 3. The van der Waals surface area contributed by atoms with Crippen LogP contribution in [0.5, 0.6) is 5.75 Å². The number of rotatable bonds is 9. The topological polar surface area (TPSA) is 193 Å². The molecule has 3 aromatic rings. The predicted octanol–water partition coefficient (Wildman–Crippen LogP) is 2.66. The molecule has 1 saturated carbocycles. The number of benzene rings is 2. The minimum absolute atomic E-state index is 0.0487. The van der Waals surface area contributed by atoms with Crippen LogP contribution in [-0.2, 0) is 31.9 Å². The molecular formula is C32H40FN3O9.